The van der Waals surface area contributed by atoms with E-state index in [1.807, 2.05) is 0 Å². The van der Waals surface area contributed by atoms with E-state index >= 15 is 0 Å². The minimum Gasteiger partial charge on any atom is -0.504 e. The molecule has 4 heteroatoms. The van der Waals surface area contributed by atoms with Gasteiger partial charge in [-0.05, 0) is 60.1 Å². The smallest absolute Gasteiger partial charge is 0.220 e. The lowest BCUT2D eigenvalue weighted by Crippen LogP contribution is -2.13. The zero-order valence-electron chi connectivity index (χ0n) is 12.8. The van der Waals surface area contributed by atoms with Crippen LogP contribution in [-0.2, 0) is 17.9 Å². The topological polar surface area (TPSA) is 80.6 Å². The van der Waals surface area contributed by atoms with Crippen LogP contribution in [0.5, 0.6) is 23.0 Å². The molecule has 117 valence electrons. The lowest BCUT2D eigenvalue weighted by atomic mass is 9.85. The average Bonchev–Trinajstić information content (AvgIpc) is 2.46. The number of phenols is 3. The molecule has 0 amide bonds. The van der Waals surface area contributed by atoms with Gasteiger partial charge in [0.1, 0.15) is 0 Å². The molecule has 0 saturated carbocycles. The first-order valence-corrected chi connectivity index (χ1v) is 7.36. The van der Waals surface area contributed by atoms with Gasteiger partial charge in [-0.1, -0.05) is 26.0 Å². The summed E-state index contributed by atoms with van der Waals surface area (Å²) in [4.78, 5) is 0. The molecular formula is C18H21O4. The summed E-state index contributed by atoms with van der Waals surface area (Å²) in [5.74, 6) is -0.110. The molecule has 0 spiro atoms. The predicted molar refractivity (Wildman–Crippen MR) is 83.7 cm³/mol. The number of aromatic hydroxyl groups is 3. The second kappa shape index (κ2) is 6.60. The summed E-state index contributed by atoms with van der Waals surface area (Å²) in [7, 11) is 0. The Morgan fingerprint density at radius 3 is 1.77 bits per heavy atom. The molecule has 3 N–H and O–H groups in total. The Hall–Kier alpha value is -2.36. The number of phenolic OH excluding ortho intramolecular Hbond substituents is 3. The van der Waals surface area contributed by atoms with Crippen molar-refractivity contribution in [2.45, 2.75) is 26.7 Å². The molecular weight excluding hydrogens is 280 g/mol. The van der Waals surface area contributed by atoms with Crippen LogP contribution in [0.4, 0.5) is 0 Å². The van der Waals surface area contributed by atoms with Crippen LogP contribution in [0.2, 0.25) is 0 Å². The maximum absolute atomic E-state index is 11.5. The van der Waals surface area contributed by atoms with Gasteiger partial charge >= 0.3 is 0 Å². The third kappa shape index (κ3) is 3.85. The highest BCUT2D eigenvalue weighted by Gasteiger charge is 2.15. The largest absolute Gasteiger partial charge is 0.504 e. The zero-order chi connectivity index (χ0) is 16.3. The summed E-state index contributed by atoms with van der Waals surface area (Å²) < 4.78 is 0. The second-order valence-electron chi connectivity index (χ2n) is 5.99. The first kappa shape index (κ1) is 16.0. The van der Waals surface area contributed by atoms with E-state index in [4.69, 9.17) is 0 Å². The highest BCUT2D eigenvalue weighted by molar-refractivity contribution is 5.41. The Balaban J connectivity index is 2.00. The van der Waals surface area contributed by atoms with E-state index in [1.54, 1.807) is 18.2 Å². The van der Waals surface area contributed by atoms with Gasteiger partial charge in [0.25, 0.3) is 0 Å². The van der Waals surface area contributed by atoms with Crippen molar-refractivity contribution in [1.29, 1.82) is 0 Å². The predicted octanol–water partition coefficient (Wildman–Crippen LogP) is 4.00. The van der Waals surface area contributed by atoms with Crippen molar-refractivity contribution < 1.29 is 20.4 Å². The Morgan fingerprint density at radius 1 is 0.773 bits per heavy atom. The van der Waals surface area contributed by atoms with Gasteiger partial charge in [-0.2, -0.15) is 0 Å². The van der Waals surface area contributed by atoms with Crippen LogP contribution in [-0.4, -0.2) is 15.3 Å². The van der Waals surface area contributed by atoms with Crippen molar-refractivity contribution in [3.8, 4) is 23.0 Å². The molecule has 0 heterocycles. The molecule has 2 aromatic carbocycles. The van der Waals surface area contributed by atoms with Crippen LogP contribution in [0.15, 0.2) is 36.4 Å². The van der Waals surface area contributed by atoms with E-state index in [0.717, 1.165) is 24.0 Å². The highest BCUT2D eigenvalue weighted by atomic mass is 16.3. The molecule has 22 heavy (non-hydrogen) atoms. The van der Waals surface area contributed by atoms with Gasteiger partial charge in [0.15, 0.2) is 17.2 Å². The van der Waals surface area contributed by atoms with Crippen LogP contribution in [0.3, 0.4) is 0 Å². The fourth-order valence-corrected chi connectivity index (χ4v) is 2.53. The molecule has 2 rings (SSSR count). The van der Waals surface area contributed by atoms with E-state index in [-0.39, 0.29) is 23.0 Å². The van der Waals surface area contributed by atoms with Gasteiger partial charge < -0.3 is 15.3 Å². The number of rotatable bonds is 5. The molecule has 0 fully saturated rings. The summed E-state index contributed by atoms with van der Waals surface area (Å²) in [5, 5.41) is 39.6. The lowest BCUT2D eigenvalue weighted by Gasteiger charge is -2.20. The Labute approximate surface area is 130 Å². The van der Waals surface area contributed by atoms with Crippen molar-refractivity contribution in [2.75, 3.05) is 0 Å². The first-order valence-electron chi connectivity index (χ1n) is 7.36. The van der Waals surface area contributed by atoms with Gasteiger partial charge in [-0.15, -0.1) is 0 Å². The second-order valence-corrected chi connectivity index (χ2v) is 5.99. The maximum Gasteiger partial charge on any atom is 0.220 e. The molecule has 2 atom stereocenters. The summed E-state index contributed by atoms with van der Waals surface area (Å²) in [6.07, 6.45) is 1.53. The maximum atomic E-state index is 11.5. The molecule has 1 radical (unpaired) electrons. The van der Waals surface area contributed by atoms with Crippen molar-refractivity contribution in [3.63, 3.8) is 0 Å². The molecule has 0 aliphatic carbocycles. The first-order chi connectivity index (χ1) is 10.4. The summed E-state index contributed by atoms with van der Waals surface area (Å²) in [6.45, 7) is 4.23. The monoisotopic (exact) mass is 301 g/mol. The average molecular weight is 301 g/mol. The number of hydrogen-bond donors (Lipinski definition) is 3. The third-order valence-electron chi connectivity index (χ3n) is 4.15. The molecule has 0 saturated heterocycles. The van der Waals surface area contributed by atoms with Crippen molar-refractivity contribution in [2.24, 2.45) is 11.8 Å². The molecule has 0 aromatic heterocycles. The van der Waals surface area contributed by atoms with Crippen molar-refractivity contribution >= 4 is 0 Å². The van der Waals surface area contributed by atoms with Gasteiger partial charge in [-0.3, -0.25) is 5.11 Å². The molecule has 4 nitrogen and oxygen atoms in total. The Bertz CT molecular complexity index is 594. The minimum absolute atomic E-state index is 0.105. The van der Waals surface area contributed by atoms with Crippen molar-refractivity contribution in [3.05, 3.63) is 47.5 Å². The van der Waals surface area contributed by atoms with Crippen LogP contribution in [0, 0.1) is 11.8 Å². The molecule has 0 aliphatic heterocycles. The highest BCUT2D eigenvalue weighted by Crippen LogP contribution is 2.30. The summed E-state index contributed by atoms with van der Waals surface area (Å²) >= 11 is 0. The lowest BCUT2D eigenvalue weighted by molar-refractivity contribution is 0.323. The SMILES string of the molecule is CC(Cc1ccc(O)c([O])c1)C(C)Cc1ccc(O)c(O)c1. The van der Waals surface area contributed by atoms with Gasteiger partial charge in [0.2, 0.25) is 5.75 Å². The minimum atomic E-state index is -0.346. The van der Waals surface area contributed by atoms with E-state index in [0.29, 0.717) is 11.8 Å². The molecule has 2 aromatic rings. The Morgan fingerprint density at radius 2 is 1.27 bits per heavy atom. The molecule has 0 aliphatic rings. The van der Waals surface area contributed by atoms with Crippen LogP contribution < -0.4 is 0 Å². The van der Waals surface area contributed by atoms with Crippen LogP contribution >= 0.6 is 0 Å². The van der Waals surface area contributed by atoms with Gasteiger partial charge in [-0.25, -0.2) is 0 Å². The van der Waals surface area contributed by atoms with Gasteiger partial charge in [0, 0.05) is 0 Å². The Kier molecular flexibility index (Phi) is 4.81. The van der Waals surface area contributed by atoms with E-state index in [2.05, 4.69) is 13.8 Å². The quantitative estimate of drug-likeness (QED) is 0.730. The number of hydrogen-bond acceptors (Lipinski definition) is 3. The summed E-state index contributed by atoms with van der Waals surface area (Å²) in [5.41, 5.74) is 1.88. The van der Waals surface area contributed by atoms with E-state index in [9.17, 15) is 20.4 Å². The normalized spacial score (nSPS) is 13.7. The fourth-order valence-electron chi connectivity index (χ4n) is 2.53. The van der Waals surface area contributed by atoms with E-state index < -0.39 is 0 Å². The molecule has 2 unspecified atom stereocenters. The summed E-state index contributed by atoms with van der Waals surface area (Å²) in [6, 6.07) is 9.56. The van der Waals surface area contributed by atoms with Crippen LogP contribution in [0.1, 0.15) is 25.0 Å². The van der Waals surface area contributed by atoms with Crippen LogP contribution in [0.25, 0.3) is 0 Å². The van der Waals surface area contributed by atoms with E-state index in [1.165, 1.54) is 18.2 Å². The molecule has 0 bridgehead atoms. The number of benzene rings is 2. The van der Waals surface area contributed by atoms with Crippen molar-refractivity contribution in [1.82, 2.24) is 0 Å². The van der Waals surface area contributed by atoms with Gasteiger partial charge in [0.05, 0.1) is 0 Å². The standard InChI is InChI=1S/C18H21O4/c1-11(7-13-3-5-15(19)17(21)9-13)12(2)8-14-4-6-16(20)18(22)10-14/h3-6,9-12,19-21H,7-8H2,1-2H3. The third-order valence-corrected chi connectivity index (χ3v) is 4.15. The zero-order valence-corrected chi connectivity index (χ0v) is 12.8. The fraction of sp³-hybridized carbons (Fsp3) is 0.333.